The van der Waals surface area contributed by atoms with E-state index in [9.17, 15) is 14.9 Å². The van der Waals surface area contributed by atoms with Crippen LogP contribution in [-0.2, 0) is 29.0 Å². The van der Waals surface area contributed by atoms with Gasteiger partial charge in [-0.15, -0.1) is 0 Å². The van der Waals surface area contributed by atoms with Gasteiger partial charge in [0.1, 0.15) is 18.0 Å². The van der Waals surface area contributed by atoms with Crippen molar-refractivity contribution >= 4 is 22.8 Å². The highest BCUT2D eigenvalue weighted by Gasteiger charge is 2.23. The maximum atomic E-state index is 13.6. The molecule has 0 N–H and O–H groups in total. The molecule has 45 heavy (non-hydrogen) atoms. The Kier molecular flexibility index (Phi) is 9.06. The number of hydrogen-bond acceptors (Lipinski definition) is 6. The highest BCUT2D eigenvalue weighted by Crippen LogP contribution is 2.35. The second-order valence-electron chi connectivity index (χ2n) is 11.8. The predicted octanol–water partition coefficient (Wildman–Crippen LogP) is 8.11. The molecule has 1 heterocycles. The number of rotatable bonds is 9. The average Bonchev–Trinajstić information content (AvgIpc) is 3.39. The van der Waals surface area contributed by atoms with Gasteiger partial charge < -0.3 is 18.8 Å². The molecule has 7 heteroatoms. The van der Waals surface area contributed by atoms with Crippen LogP contribution in [0.1, 0.15) is 70.7 Å². The monoisotopic (exact) mass is 600 g/mol. The lowest BCUT2D eigenvalue weighted by Gasteiger charge is -2.20. The molecule has 0 aliphatic carbocycles. The van der Waals surface area contributed by atoms with Crippen molar-refractivity contribution < 1.29 is 23.8 Å². The maximum absolute atomic E-state index is 13.6. The largest absolute Gasteiger partial charge is 0.497 e. The van der Waals surface area contributed by atoms with Crippen LogP contribution in [0.5, 0.6) is 5.75 Å². The van der Waals surface area contributed by atoms with Crippen LogP contribution in [0.2, 0.25) is 0 Å². The van der Waals surface area contributed by atoms with Gasteiger partial charge >= 0.3 is 11.9 Å². The van der Waals surface area contributed by atoms with E-state index >= 15 is 0 Å². The third-order valence-electron chi connectivity index (χ3n) is 7.51. The Morgan fingerprint density at radius 3 is 2.33 bits per heavy atom. The van der Waals surface area contributed by atoms with Crippen LogP contribution in [0.3, 0.4) is 0 Å². The summed E-state index contributed by atoms with van der Waals surface area (Å²) in [7, 11) is 1.55. The average molecular weight is 601 g/mol. The zero-order valence-corrected chi connectivity index (χ0v) is 26.2. The van der Waals surface area contributed by atoms with Crippen LogP contribution in [-0.4, -0.2) is 29.2 Å². The van der Waals surface area contributed by atoms with Gasteiger partial charge in [0.05, 0.1) is 29.9 Å². The minimum absolute atomic E-state index is 0.113. The van der Waals surface area contributed by atoms with Crippen molar-refractivity contribution in [2.24, 2.45) is 0 Å². The lowest BCUT2D eigenvalue weighted by atomic mass is 9.90. The Balaban J connectivity index is 1.63. The van der Waals surface area contributed by atoms with Gasteiger partial charge in [0.15, 0.2) is 0 Å². The van der Waals surface area contributed by atoms with Crippen molar-refractivity contribution in [2.45, 2.75) is 52.9 Å². The van der Waals surface area contributed by atoms with E-state index in [0.717, 1.165) is 34.1 Å². The Labute approximate surface area is 263 Å². The maximum Gasteiger partial charge on any atom is 0.339 e. The van der Waals surface area contributed by atoms with E-state index in [-0.39, 0.29) is 6.61 Å². The van der Waals surface area contributed by atoms with Crippen LogP contribution < -0.4 is 4.74 Å². The smallest absolute Gasteiger partial charge is 0.339 e. The third-order valence-corrected chi connectivity index (χ3v) is 7.51. The number of nitrogens with zero attached hydrogens (tertiary/aromatic N) is 2. The van der Waals surface area contributed by atoms with Crippen molar-refractivity contribution in [3.8, 4) is 22.9 Å². The number of aryl methyl sites for hydroxylation is 1. The summed E-state index contributed by atoms with van der Waals surface area (Å²) in [4.78, 5) is 26.8. The minimum Gasteiger partial charge on any atom is -0.497 e. The number of nitriles is 1. The summed E-state index contributed by atoms with van der Waals surface area (Å²) in [6.45, 7) is 8.39. The van der Waals surface area contributed by atoms with Crippen LogP contribution in [0.25, 0.3) is 22.0 Å². The first-order valence-electron chi connectivity index (χ1n) is 14.9. The van der Waals surface area contributed by atoms with Crippen LogP contribution in [0.4, 0.5) is 0 Å². The molecule has 0 fully saturated rings. The highest BCUT2D eigenvalue weighted by molar-refractivity contribution is 6.00. The second kappa shape index (κ2) is 13.1. The van der Waals surface area contributed by atoms with E-state index in [0.29, 0.717) is 40.0 Å². The molecule has 0 saturated heterocycles. The summed E-state index contributed by atoms with van der Waals surface area (Å²) >= 11 is 0. The molecule has 0 aliphatic rings. The summed E-state index contributed by atoms with van der Waals surface area (Å²) in [5.74, 6) is -0.453. The Morgan fingerprint density at radius 1 is 0.867 bits per heavy atom. The number of carbonyl (C=O) groups excluding carboxylic acids is 2. The summed E-state index contributed by atoms with van der Waals surface area (Å²) < 4.78 is 19.1. The fourth-order valence-electron chi connectivity index (χ4n) is 5.35. The lowest BCUT2D eigenvalue weighted by molar-refractivity contribution is 0.00693. The molecule has 0 unspecified atom stereocenters. The highest BCUT2D eigenvalue weighted by atomic mass is 16.6. The van der Waals surface area contributed by atoms with Gasteiger partial charge in [-0.2, -0.15) is 5.26 Å². The number of esters is 2. The molecule has 0 spiro atoms. The number of aromatic nitrogens is 1. The van der Waals surface area contributed by atoms with E-state index in [1.807, 2.05) is 81.4 Å². The molecule has 7 nitrogen and oxygen atoms in total. The fraction of sp³-hybridized carbons (Fsp3) is 0.237. The zero-order chi connectivity index (χ0) is 32.1. The topological polar surface area (TPSA) is 90.6 Å². The Hall–Kier alpha value is -5.35. The summed E-state index contributed by atoms with van der Waals surface area (Å²) in [5.41, 5.74) is 5.75. The summed E-state index contributed by atoms with van der Waals surface area (Å²) in [6.07, 6.45) is 2.62. The van der Waals surface area contributed by atoms with Crippen molar-refractivity contribution in [1.82, 2.24) is 4.57 Å². The van der Waals surface area contributed by atoms with Crippen molar-refractivity contribution in [3.63, 3.8) is 0 Å². The quantitative estimate of drug-likeness (QED) is 0.159. The van der Waals surface area contributed by atoms with Crippen molar-refractivity contribution in [1.29, 1.82) is 5.26 Å². The van der Waals surface area contributed by atoms with E-state index in [4.69, 9.17) is 14.2 Å². The zero-order valence-electron chi connectivity index (χ0n) is 26.2. The third kappa shape index (κ3) is 7.08. The number of methoxy groups -OCH3 is 1. The van der Waals surface area contributed by atoms with Crippen LogP contribution in [0.15, 0.2) is 91.1 Å². The molecule has 5 aromatic rings. The minimum atomic E-state index is -0.674. The number of carbonyl (C=O) groups is 2. The normalized spacial score (nSPS) is 11.2. The Morgan fingerprint density at radius 2 is 1.64 bits per heavy atom. The summed E-state index contributed by atoms with van der Waals surface area (Å²) in [5, 5.41) is 10.5. The van der Waals surface area contributed by atoms with Gasteiger partial charge in [-0.25, -0.2) is 9.59 Å². The first-order valence-corrected chi connectivity index (χ1v) is 14.9. The predicted molar refractivity (Wildman–Crippen MR) is 174 cm³/mol. The van der Waals surface area contributed by atoms with E-state index in [1.54, 1.807) is 31.4 Å². The van der Waals surface area contributed by atoms with E-state index in [2.05, 4.69) is 23.8 Å². The van der Waals surface area contributed by atoms with Gasteiger partial charge in [-0.3, -0.25) is 0 Å². The standard InChI is InChI=1S/C38H36N2O5/c1-6-40-23-29(31-16-12-26(22-39)18-35(31)40)19-27-13-14-28(36(41)45-38(2,3)4)20-33(27)32-17-15-30(43-5)21-34(32)37(42)44-24-25-10-8-7-9-11-25/h7-18,20-21,23H,6,19,24H2,1-5H3. The van der Waals surface area contributed by atoms with Gasteiger partial charge in [0.25, 0.3) is 0 Å². The molecule has 0 bridgehead atoms. The fourth-order valence-corrected chi connectivity index (χ4v) is 5.35. The van der Waals surface area contributed by atoms with E-state index in [1.165, 1.54) is 0 Å². The molecule has 0 aliphatic heterocycles. The van der Waals surface area contributed by atoms with Gasteiger partial charge in [0, 0.05) is 30.1 Å². The number of benzene rings is 4. The molecule has 5 rings (SSSR count). The second-order valence-corrected chi connectivity index (χ2v) is 11.8. The van der Waals surface area contributed by atoms with Crippen LogP contribution >= 0.6 is 0 Å². The summed E-state index contributed by atoms with van der Waals surface area (Å²) in [6, 6.07) is 28.2. The molecular formula is C38H36N2O5. The molecule has 1 aromatic heterocycles. The van der Waals surface area contributed by atoms with E-state index < -0.39 is 17.5 Å². The lowest BCUT2D eigenvalue weighted by Crippen LogP contribution is -2.24. The molecule has 0 atom stereocenters. The first kappa shape index (κ1) is 31.1. The number of hydrogen-bond donors (Lipinski definition) is 0. The molecule has 0 amide bonds. The molecule has 0 saturated carbocycles. The first-order chi connectivity index (χ1) is 21.6. The molecule has 4 aromatic carbocycles. The molecule has 0 radical (unpaired) electrons. The Bertz CT molecular complexity index is 1910. The number of fused-ring (bicyclic) bond motifs is 1. The van der Waals surface area contributed by atoms with Gasteiger partial charge in [-0.05, 0) is 98.0 Å². The van der Waals surface area contributed by atoms with Crippen LogP contribution in [0, 0.1) is 11.3 Å². The van der Waals surface area contributed by atoms with Crippen molar-refractivity contribution in [3.05, 3.63) is 125 Å². The molecular weight excluding hydrogens is 564 g/mol. The van der Waals surface area contributed by atoms with Crippen molar-refractivity contribution in [2.75, 3.05) is 7.11 Å². The SMILES string of the molecule is CCn1cc(Cc2ccc(C(=O)OC(C)(C)C)cc2-c2ccc(OC)cc2C(=O)OCc2ccccc2)c2ccc(C#N)cc21. The van der Waals surface area contributed by atoms with Gasteiger partial charge in [-0.1, -0.05) is 42.5 Å². The number of ether oxygens (including phenoxy) is 3. The molecule has 228 valence electrons. The van der Waals surface area contributed by atoms with Gasteiger partial charge in [0.2, 0.25) is 0 Å².